The molecule has 4 heteroatoms. The summed E-state index contributed by atoms with van der Waals surface area (Å²) in [5.74, 6) is 1.60. The fourth-order valence-corrected chi connectivity index (χ4v) is 3.08. The van der Waals surface area contributed by atoms with Gasteiger partial charge < -0.3 is 9.64 Å². The number of hydrogen-bond donors (Lipinski definition) is 0. The van der Waals surface area contributed by atoms with Gasteiger partial charge >= 0.3 is 0 Å². The van der Waals surface area contributed by atoms with Gasteiger partial charge in [0.15, 0.2) is 0 Å². The molecule has 23 heavy (non-hydrogen) atoms. The summed E-state index contributed by atoms with van der Waals surface area (Å²) < 4.78 is 5.72. The van der Waals surface area contributed by atoms with Crippen molar-refractivity contribution in [3.05, 3.63) is 35.4 Å². The van der Waals surface area contributed by atoms with Crippen LogP contribution in [0.15, 0.2) is 24.3 Å². The molecule has 4 nitrogen and oxygen atoms in total. The normalized spacial score (nSPS) is 18.7. The van der Waals surface area contributed by atoms with Gasteiger partial charge in [-0.25, -0.2) is 0 Å². The van der Waals surface area contributed by atoms with Gasteiger partial charge in [0.2, 0.25) is 0 Å². The van der Waals surface area contributed by atoms with Crippen molar-refractivity contribution in [2.24, 2.45) is 11.8 Å². The van der Waals surface area contributed by atoms with E-state index in [1.807, 2.05) is 4.90 Å². The first kappa shape index (κ1) is 16.0. The molecule has 1 heterocycles. The van der Waals surface area contributed by atoms with Crippen molar-refractivity contribution >= 4 is 5.91 Å². The molecule has 2 fully saturated rings. The van der Waals surface area contributed by atoms with E-state index in [4.69, 9.17) is 10.00 Å². The molecule has 0 radical (unpaired) electrons. The highest BCUT2D eigenvalue weighted by molar-refractivity contribution is 5.94. The fourth-order valence-electron chi connectivity index (χ4n) is 3.08. The van der Waals surface area contributed by atoms with E-state index in [2.05, 4.69) is 6.07 Å². The van der Waals surface area contributed by atoms with Crippen LogP contribution in [0.4, 0.5) is 0 Å². The van der Waals surface area contributed by atoms with Gasteiger partial charge in [0.05, 0.1) is 11.6 Å². The largest absolute Gasteiger partial charge is 0.381 e. The summed E-state index contributed by atoms with van der Waals surface area (Å²) in [5, 5.41) is 8.81. The third-order valence-corrected chi connectivity index (χ3v) is 4.88. The average molecular weight is 312 g/mol. The molecule has 1 aromatic rings. The Morgan fingerprint density at radius 2 is 1.83 bits per heavy atom. The molecule has 1 aliphatic heterocycles. The summed E-state index contributed by atoms with van der Waals surface area (Å²) in [6.07, 6.45) is 5.93. The number of likely N-dealkylation sites (tertiary alicyclic amines) is 1. The summed E-state index contributed by atoms with van der Waals surface area (Å²) in [6, 6.07) is 8.99. The van der Waals surface area contributed by atoms with Gasteiger partial charge in [-0.15, -0.1) is 0 Å². The van der Waals surface area contributed by atoms with E-state index in [9.17, 15) is 4.79 Å². The van der Waals surface area contributed by atoms with Crippen LogP contribution in [0.1, 0.15) is 48.0 Å². The molecule has 0 atom stereocenters. The van der Waals surface area contributed by atoms with Crippen molar-refractivity contribution in [2.75, 3.05) is 26.3 Å². The quantitative estimate of drug-likeness (QED) is 0.758. The standard InChI is InChI=1S/C19H24N2O2/c20-13-16-3-5-18(6-4-16)19(22)21-10-7-15(8-11-21)9-12-23-14-17-1-2-17/h3-6,15,17H,1-2,7-12,14H2. The number of amides is 1. The number of ether oxygens (including phenoxy) is 1. The molecule has 3 rings (SSSR count). The van der Waals surface area contributed by atoms with Crippen molar-refractivity contribution < 1.29 is 9.53 Å². The minimum absolute atomic E-state index is 0.0814. The minimum Gasteiger partial charge on any atom is -0.381 e. The van der Waals surface area contributed by atoms with Crippen LogP contribution < -0.4 is 0 Å². The molecule has 0 aromatic heterocycles. The fraction of sp³-hybridized carbons (Fsp3) is 0.579. The smallest absolute Gasteiger partial charge is 0.253 e. The van der Waals surface area contributed by atoms with E-state index >= 15 is 0 Å². The first-order chi connectivity index (χ1) is 11.3. The number of carbonyl (C=O) groups is 1. The Morgan fingerprint density at radius 3 is 2.43 bits per heavy atom. The summed E-state index contributed by atoms with van der Waals surface area (Å²) in [5.41, 5.74) is 1.27. The Hall–Kier alpha value is -1.86. The van der Waals surface area contributed by atoms with E-state index in [1.54, 1.807) is 24.3 Å². The Balaban J connectivity index is 1.40. The zero-order valence-electron chi connectivity index (χ0n) is 13.5. The Bertz CT molecular complexity index is 564. The lowest BCUT2D eigenvalue weighted by molar-refractivity contribution is 0.0644. The second kappa shape index (κ2) is 7.61. The molecule has 0 unspecified atom stereocenters. The number of piperidine rings is 1. The third-order valence-electron chi connectivity index (χ3n) is 4.88. The number of nitriles is 1. The van der Waals surface area contributed by atoms with Crippen molar-refractivity contribution in [2.45, 2.75) is 32.1 Å². The van der Waals surface area contributed by atoms with Crippen LogP contribution in [-0.2, 0) is 4.74 Å². The molecular formula is C19H24N2O2. The van der Waals surface area contributed by atoms with Crippen molar-refractivity contribution in [1.29, 1.82) is 5.26 Å². The molecular weight excluding hydrogens is 288 g/mol. The van der Waals surface area contributed by atoms with Crippen LogP contribution in [0.2, 0.25) is 0 Å². The lowest BCUT2D eigenvalue weighted by Crippen LogP contribution is -2.38. The molecule has 122 valence electrons. The van der Waals surface area contributed by atoms with Gasteiger partial charge in [0.1, 0.15) is 0 Å². The zero-order valence-corrected chi connectivity index (χ0v) is 13.5. The maximum atomic E-state index is 12.5. The number of nitrogens with zero attached hydrogens (tertiary/aromatic N) is 2. The van der Waals surface area contributed by atoms with E-state index in [0.717, 1.165) is 51.5 Å². The Labute approximate surface area is 138 Å². The number of rotatable bonds is 6. The first-order valence-corrected chi connectivity index (χ1v) is 8.63. The van der Waals surface area contributed by atoms with Crippen LogP contribution in [-0.4, -0.2) is 37.1 Å². The lowest BCUT2D eigenvalue weighted by Gasteiger charge is -2.32. The number of hydrogen-bond acceptors (Lipinski definition) is 3. The summed E-state index contributed by atoms with van der Waals surface area (Å²) in [6.45, 7) is 3.46. The monoisotopic (exact) mass is 312 g/mol. The third kappa shape index (κ3) is 4.56. The average Bonchev–Trinajstić information content (AvgIpc) is 3.43. The van der Waals surface area contributed by atoms with Crippen LogP contribution in [0.25, 0.3) is 0 Å². The molecule has 1 saturated heterocycles. The molecule has 1 amide bonds. The van der Waals surface area contributed by atoms with Crippen LogP contribution in [0, 0.1) is 23.2 Å². The van der Waals surface area contributed by atoms with E-state index < -0.39 is 0 Å². The molecule has 2 aliphatic rings. The minimum atomic E-state index is 0.0814. The maximum absolute atomic E-state index is 12.5. The number of carbonyl (C=O) groups excluding carboxylic acids is 1. The van der Waals surface area contributed by atoms with Crippen LogP contribution in [0.3, 0.4) is 0 Å². The van der Waals surface area contributed by atoms with Gasteiger partial charge in [-0.2, -0.15) is 5.26 Å². The maximum Gasteiger partial charge on any atom is 0.253 e. The summed E-state index contributed by atoms with van der Waals surface area (Å²) >= 11 is 0. The highest BCUT2D eigenvalue weighted by Crippen LogP contribution is 2.29. The summed E-state index contributed by atoms with van der Waals surface area (Å²) in [7, 11) is 0. The SMILES string of the molecule is N#Cc1ccc(C(=O)N2CCC(CCOCC3CC3)CC2)cc1. The molecule has 0 N–H and O–H groups in total. The first-order valence-electron chi connectivity index (χ1n) is 8.63. The lowest BCUT2D eigenvalue weighted by atomic mass is 9.93. The van der Waals surface area contributed by atoms with Crippen molar-refractivity contribution in [1.82, 2.24) is 4.90 Å². The molecule has 1 aromatic carbocycles. The van der Waals surface area contributed by atoms with E-state index in [1.165, 1.54) is 12.8 Å². The van der Waals surface area contributed by atoms with Gasteiger partial charge in [-0.3, -0.25) is 4.79 Å². The van der Waals surface area contributed by atoms with E-state index in [-0.39, 0.29) is 5.91 Å². The summed E-state index contributed by atoms with van der Waals surface area (Å²) in [4.78, 5) is 14.4. The van der Waals surface area contributed by atoms with Gasteiger partial charge in [0, 0.05) is 31.9 Å². The van der Waals surface area contributed by atoms with Gasteiger partial charge in [0.25, 0.3) is 5.91 Å². The predicted octanol–water partition coefficient (Wildman–Crippen LogP) is 3.23. The van der Waals surface area contributed by atoms with Crippen LogP contribution in [0.5, 0.6) is 0 Å². The zero-order chi connectivity index (χ0) is 16.1. The molecule has 0 bridgehead atoms. The van der Waals surface area contributed by atoms with Crippen LogP contribution >= 0.6 is 0 Å². The highest BCUT2D eigenvalue weighted by Gasteiger charge is 2.24. The second-order valence-corrected chi connectivity index (χ2v) is 6.73. The van der Waals surface area contributed by atoms with E-state index in [0.29, 0.717) is 17.0 Å². The molecule has 1 aliphatic carbocycles. The van der Waals surface area contributed by atoms with Crippen molar-refractivity contribution in [3.63, 3.8) is 0 Å². The van der Waals surface area contributed by atoms with Gasteiger partial charge in [-0.05, 0) is 68.2 Å². The topological polar surface area (TPSA) is 53.3 Å². The predicted molar refractivity (Wildman–Crippen MR) is 87.9 cm³/mol. The molecule has 1 saturated carbocycles. The Kier molecular flexibility index (Phi) is 5.30. The Morgan fingerprint density at radius 1 is 1.13 bits per heavy atom. The second-order valence-electron chi connectivity index (χ2n) is 6.73. The van der Waals surface area contributed by atoms with Crippen molar-refractivity contribution in [3.8, 4) is 6.07 Å². The highest BCUT2D eigenvalue weighted by atomic mass is 16.5. The molecule has 0 spiro atoms. The van der Waals surface area contributed by atoms with Gasteiger partial charge in [-0.1, -0.05) is 0 Å². The number of benzene rings is 1.